The molecule has 1 heterocycles. The number of nitrogens with one attached hydrogen (secondary N) is 1. The molecular formula is C27H26N4O4S. The summed E-state index contributed by atoms with van der Waals surface area (Å²) in [5, 5.41) is 12.1. The number of hydrogen-bond acceptors (Lipinski definition) is 7. The second-order valence-corrected chi connectivity index (χ2v) is 9.02. The molecule has 9 heteroatoms. The number of aromatic nitrogens is 3. The number of carbonyl (C=O) groups excluding carboxylic acids is 2. The van der Waals surface area contributed by atoms with Crippen molar-refractivity contribution in [1.82, 2.24) is 14.8 Å². The first-order valence-electron chi connectivity index (χ1n) is 11.2. The SMILES string of the molecule is COC(=O)c1ccc(NC(=O)CSc2nnc(COc3ccc(C)cc3)n2-c2ccc(C)cc2)cc1. The van der Waals surface area contributed by atoms with Gasteiger partial charge in [0, 0.05) is 11.4 Å². The Hall–Kier alpha value is -4.11. The van der Waals surface area contributed by atoms with Crippen molar-refractivity contribution in [3.63, 3.8) is 0 Å². The molecule has 1 amide bonds. The predicted molar refractivity (Wildman–Crippen MR) is 139 cm³/mol. The number of nitrogens with zero attached hydrogens (tertiary/aromatic N) is 3. The lowest BCUT2D eigenvalue weighted by molar-refractivity contribution is -0.113. The van der Waals surface area contributed by atoms with E-state index >= 15 is 0 Å². The summed E-state index contributed by atoms with van der Waals surface area (Å²) in [4.78, 5) is 24.2. The lowest BCUT2D eigenvalue weighted by Crippen LogP contribution is -2.15. The second-order valence-electron chi connectivity index (χ2n) is 8.08. The average molecular weight is 503 g/mol. The van der Waals surface area contributed by atoms with Crippen molar-refractivity contribution in [2.45, 2.75) is 25.6 Å². The van der Waals surface area contributed by atoms with E-state index < -0.39 is 5.97 Å². The van der Waals surface area contributed by atoms with E-state index in [4.69, 9.17) is 9.47 Å². The monoisotopic (exact) mass is 502 g/mol. The molecule has 184 valence electrons. The van der Waals surface area contributed by atoms with Crippen LogP contribution in [0.25, 0.3) is 5.69 Å². The molecule has 36 heavy (non-hydrogen) atoms. The van der Waals surface area contributed by atoms with E-state index in [1.165, 1.54) is 18.9 Å². The zero-order valence-corrected chi connectivity index (χ0v) is 21.0. The highest BCUT2D eigenvalue weighted by atomic mass is 32.2. The number of ether oxygens (including phenoxy) is 2. The summed E-state index contributed by atoms with van der Waals surface area (Å²) in [6.07, 6.45) is 0. The van der Waals surface area contributed by atoms with Gasteiger partial charge < -0.3 is 14.8 Å². The van der Waals surface area contributed by atoms with E-state index in [1.807, 2.05) is 66.9 Å². The average Bonchev–Trinajstić information content (AvgIpc) is 3.30. The van der Waals surface area contributed by atoms with Crippen molar-refractivity contribution in [2.24, 2.45) is 0 Å². The van der Waals surface area contributed by atoms with Crippen molar-refractivity contribution in [1.29, 1.82) is 0 Å². The Balaban J connectivity index is 1.46. The maximum atomic E-state index is 12.6. The topological polar surface area (TPSA) is 95.3 Å². The van der Waals surface area contributed by atoms with E-state index in [1.54, 1.807) is 24.3 Å². The van der Waals surface area contributed by atoms with E-state index in [-0.39, 0.29) is 18.3 Å². The highest BCUT2D eigenvalue weighted by molar-refractivity contribution is 7.99. The highest BCUT2D eigenvalue weighted by Gasteiger charge is 2.17. The predicted octanol–water partition coefficient (Wildman–Crippen LogP) is 4.98. The number of amides is 1. The minimum atomic E-state index is -0.430. The lowest BCUT2D eigenvalue weighted by Gasteiger charge is -2.12. The maximum Gasteiger partial charge on any atom is 0.337 e. The summed E-state index contributed by atoms with van der Waals surface area (Å²) in [6, 6.07) is 22.3. The van der Waals surface area contributed by atoms with Gasteiger partial charge in [-0.1, -0.05) is 47.2 Å². The van der Waals surface area contributed by atoms with Crippen LogP contribution in [-0.4, -0.2) is 39.5 Å². The Labute approximate surface area is 213 Å². The first-order valence-corrected chi connectivity index (χ1v) is 12.2. The fourth-order valence-electron chi connectivity index (χ4n) is 3.36. The van der Waals surface area contributed by atoms with E-state index in [0.717, 1.165) is 22.6 Å². The van der Waals surface area contributed by atoms with Crippen LogP contribution in [0.2, 0.25) is 0 Å². The van der Waals surface area contributed by atoms with Crippen molar-refractivity contribution in [3.05, 3.63) is 95.3 Å². The first-order chi connectivity index (χ1) is 17.4. The van der Waals surface area contributed by atoms with Gasteiger partial charge in [-0.15, -0.1) is 10.2 Å². The molecule has 0 radical (unpaired) electrons. The van der Waals surface area contributed by atoms with Crippen molar-refractivity contribution in [3.8, 4) is 11.4 Å². The van der Waals surface area contributed by atoms with Gasteiger partial charge in [0.1, 0.15) is 12.4 Å². The molecule has 0 saturated carbocycles. The van der Waals surface area contributed by atoms with Crippen molar-refractivity contribution in [2.75, 3.05) is 18.2 Å². The third kappa shape index (κ3) is 6.31. The third-order valence-corrected chi connectivity index (χ3v) is 6.23. The number of rotatable bonds is 9. The van der Waals surface area contributed by atoms with Crippen LogP contribution < -0.4 is 10.1 Å². The Bertz CT molecular complexity index is 1330. The minimum absolute atomic E-state index is 0.127. The van der Waals surface area contributed by atoms with Crippen LogP contribution in [0.1, 0.15) is 27.3 Å². The van der Waals surface area contributed by atoms with Gasteiger partial charge in [0.2, 0.25) is 5.91 Å². The van der Waals surface area contributed by atoms with Crippen LogP contribution in [0.3, 0.4) is 0 Å². The third-order valence-electron chi connectivity index (χ3n) is 5.30. The summed E-state index contributed by atoms with van der Waals surface area (Å²) in [7, 11) is 1.32. The number of hydrogen-bond donors (Lipinski definition) is 1. The van der Waals surface area contributed by atoms with Crippen LogP contribution in [-0.2, 0) is 16.1 Å². The minimum Gasteiger partial charge on any atom is -0.486 e. The molecule has 0 aliphatic rings. The van der Waals surface area contributed by atoms with Gasteiger partial charge in [0.25, 0.3) is 0 Å². The molecule has 0 unspecified atom stereocenters. The van der Waals surface area contributed by atoms with Gasteiger partial charge in [-0.2, -0.15) is 0 Å². The maximum absolute atomic E-state index is 12.6. The lowest BCUT2D eigenvalue weighted by atomic mass is 10.2. The molecule has 8 nitrogen and oxygen atoms in total. The molecule has 4 rings (SSSR count). The first kappa shape index (κ1) is 25.0. The normalized spacial score (nSPS) is 10.6. The van der Waals surface area contributed by atoms with Crippen molar-refractivity contribution < 1.29 is 19.1 Å². The molecule has 0 bridgehead atoms. The molecular weight excluding hydrogens is 476 g/mol. The Kier molecular flexibility index (Phi) is 8.02. The smallest absolute Gasteiger partial charge is 0.337 e. The molecule has 1 aromatic heterocycles. The number of anilines is 1. The number of carbonyl (C=O) groups is 2. The summed E-state index contributed by atoms with van der Waals surface area (Å²) < 4.78 is 12.5. The molecule has 0 saturated heterocycles. The van der Waals surface area contributed by atoms with Crippen LogP contribution in [0.4, 0.5) is 5.69 Å². The second kappa shape index (κ2) is 11.5. The van der Waals surface area contributed by atoms with Gasteiger partial charge in [-0.05, 0) is 62.4 Å². The van der Waals surface area contributed by atoms with Gasteiger partial charge >= 0.3 is 5.97 Å². The molecule has 4 aromatic rings. The fraction of sp³-hybridized carbons (Fsp3) is 0.185. The van der Waals surface area contributed by atoms with Gasteiger partial charge in [0.05, 0.1) is 18.4 Å². The zero-order chi connectivity index (χ0) is 25.5. The Morgan fingerprint density at radius 2 is 1.53 bits per heavy atom. The number of aryl methyl sites for hydroxylation is 2. The number of thioether (sulfide) groups is 1. The molecule has 0 aliphatic carbocycles. The molecule has 0 spiro atoms. The Morgan fingerprint density at radius 3 is 2.17 bits per heavy atom. The van der Waals surface area contributed by atoms with Crippen LogP contribution in [0, 0.1) is 13.8 Å². The number of methoxy groups -OCH3 is 1. The number of benzene rings is 3. The summed E-state index contributed by atoms with van der Waals surface area (Å²) in [5.41, 5.74) is 4.17. The summed E-state index contributed by atoms with van der Waals surface area (Å²) in [5.74, 6) is 0.857. The zero-order valence-electron chi connectivity index (χ0n) is 20.2. The fourth-order valence-corrected chi connectivity index (χ4v) is 4.13. The van der Waals surface area contributed by atoms with Crippen LogP contribution in [0.15, 0.2) is 78.0 Å². The Morgan fingerprint density at radius 1 is 0.889 bits per heavy atom. The highest BCUT2D eigenvalue weighted by Crippen LogP contribution is 2.24. The molecule has 3 aromatic carbocycles. The largest absolute Gasteiger partial charge is 0.486 e. The van der Waals surface area contributed by atoms with Crippen LogP contribution >= 0.6 is 11.8 Å². The van der Waals surface area contributed by atoms with Gasteiger partial charge in [-0.3, -0.25) is 9.36 Å². The van der Waals surface area contributed by atoms with Crippen LogP contribution in [0.5, 0.6) is 5.75 Å². The van der Waals surface area contributed by atoms with E-state index in [9.17, 15) is 9.59 Å². The summed E-state index contributed by atoms with van der Waals surface area (Å²) in [6.45, 7) is 4.27. The molecule has 1 N–H and O–H groups in total. The van der Waals surface area contributed by atoms with Crippen molar-refractivity contribution >= 4 is 29.3 Å². The number of esters is 1. The van der Waals surface area contributed by atoms with Gasteiger partial charge in [0.15, 0.2) is 11.0 Å². The van der Waals surface area contributed by atoms with Gasteiger partial charge in [-0.25, -0.2) is 4.79 Å². The molecule has 0 atom stereocenters. The quantitative estimate of drug-likeness (QED) is 0.255. The van der Waals surface area contributed by atoms with E-state index in [2.05, 4.69) is 15.5 Å². The van der Waals surface area contributed by atoms with E-state index in [0.29, 0.717) is 22.2 Å². The molecule has 0 fully saturated rings. The summed E-state index contributed by atoms with van der Waals surface area (Å²) >= 11 is 1.28. The standard InChI is InChI=1S/C27H26N4O4S/c1-18-4-12-22(13-5-18)31-24(16-35-23-14-6-19(2)7-15-23)29-30-27(31)36-17-25(32)28-21-10-8-20(9-11-21)26(33)34-3/h4-15H,16-17H2,1-3H3,(H,28,32). The molecule has 0 aliphatic heterocycles.